The number of allylic oxidation sites excluding steroid dienone is 1. The van der Waals surface area contributed by atoms with Crippen LogP contribution in [0, 0.1) is 31.6 Å². The molecule has 198 valence electrons. The third-order valence-electron chi connectivity index (χ3n) is 7.71. The number of hydrogen-bond acceptors (Lipinski definition) is 8. The highest BCUT2D eigenvalue weighted by Gasteiger charge is 2.59. The molecule has 0 radical (unpaired) electrons. The third-order valence-corrected chi connectivity index (χ3v) is 7.71. The fraction of sp³-hybridized carbons (Fsp3) is 0.519. The summed E-state index contributed by atoms with van der Waals surface area (Å²) in [5, 5.41) is 20.7. The summed E-state index contributed by atoms with van der Waals surface area (Å²) in [6.45, 7) is 6.01. The van der Waals surface area contributed by atoms with Crippen molar-refractivity contribution in [3.8, 4) is 5.75 Å². The second kappa shape index (κ2) is 10.8. The molecule has 2 N–H and O–H groups in total. The zero-order valence-corrected chi connectivity index (χ0v) is 21.9. The molecule has 10 heteroatoms. The second-order valence-corrected chi connectivity index (χ2v) is 10.3. The van der Waals surface area contributed by atoms with Crippen molar-refractivity contribution >= 4 is 31.1 Å². The average molecular weight is 511 g/mol. The highest BCUT2D eigenvalue weighted by molar-refractivity contribution is 6.43. The van der Waals surface area contributed by atoms with Gasteiger partial charge in [0.05, 0.1) is 31.7 Å². The maximum absolute atomic E-state index is 13.2. The van der Waals surface area contributed by atoms with Gasteiger partial charge in [0.15, 0.2) is 0 Å². The Morgan fingerprint density at radius 1 is 1.19 bits per heavy atom. The Balaban J connectivity index is 1.61. The molecule has 2 saturated heterocycles. The van der Waals surface area contributed by atoms with Crippen LogP contribution in [0.25, 0.3) is 6.08 Å². The van der Waals surface area contributed by atoms with Gasteiger partial charge in [0.2, 0.25) is 11.8 Å². The predicted octanol–water partition coefficient (Wildman–Crippen LogP) is 3.40. The Bertz CT molecular complexity index is 1150. The summed E-state index contributed by atoms with van der Waals surface area (Å²) in [5.41, 5.74) is 5.48. The molecule has 4 rings (SSSR count). The number of fused-ring (bicyclic) bond motifs is 3. The number of imide groups is 3. The smallest absolute Gasteiger partial charge is 0.455 e. The maximum Gasteiger partial charge on any atom is 0.455 e. The lowest BCUT2D eigenvalue weighted by Gasteiger charge is -2.43. The first-order chi connectivity index (χ1) is 17.6. The van der Waals surface area contributed by atoms with Crippen molar-refractivity contribution in [2.45, 2.75) is 52.5 Å². The molecule has 3 aliphatic rings. The minimum atomic E-state index is -1.09. The number of phenols is 1. The SMILES string of the molecule is COCC1=C2[C@@H](CC/C(C)=C/c3cc(C)c(O)c(C)c3)OB(O)C[C@@H]2[C@@H]2C(=O)N(C(=O)OC)C(=O)[C@@H]2C1. The van der Waals surface area contributed by atoms with Crippen molar-refractivity contribution in [3.05, 3.63) is 45.5 Å². The van der Waals surface area contributed by atoms with E-state index in [1.165, 1.54) is 0 Å². The maximum atomic E-state index is 13.2. The number of carbonyl (C=O) groups excluding carboxylic acids is 3. The number of aromatic hydroxyl groups is 1. The number of amides is 3. The fourth-order valence-corrected chi connectivity index (χ4v) is 6.13. The number of aryl methyl sites for hydroxylation is 2. The number of carbonyl (C=O) groups is 3. The lowest BCUT2D eigenvalue weighted by molar-refractivity contribution is -0.137. The number of hydrogen-bond donors (Lipinski definition) is 2. The Kier molecular flexibility index (Phi) is 7.92. The van der Waals surface area contributed by atoms with Gasteiger partial charge in [0.25, 0.3) is 0 Å². The minimum absolute atomic E-state index is 0.162. The molecule has 2 fully saturated rings. The first-order valence-corrected chi connectivity index (χ1v) is 12.5. The summed E-state index contributed by atoms with van der Waals surface area (Å²) in [6, 6.07) is 3.86. The standard InChI is InChI=1S/C27H34BNO8/c1-14(8-17-9-15(2)24(30)16(3)10-17)6-7-21-22-18(13-35-4)11-19-23(20(22)12-28(34)37-21)26(32)29(25(19)31)27(33)36-5/h8-10,19-21,23,30,34H,6-7,11-13H2,1-5H3/b14-8+/t19-,20+,21-,23-/m1/s1. The molecule has 4 atom stereocenters. The van der Waals surface area contributed by atoms with Crippen molar-refractivity contribution in [2.24, 2.45) is 17.8 Å². The zero-order valence-electron chi connectivity index (χ0n) is 21.9. The van der Waals surface area contributed by atoms with E-state index in [2.05, 4.69) is 10.8 Å². The van der Waals surface area contributed by atoms with E-state index in [4.69, 9.17) is 9.39 Å². The molecule has 2 aliphatic heterocycles. The lowest BCUT2D eigenvalue weighted by Crippen LogP contribution is -2.46. The normalized spacial score (nSPS) is 25.9. The van der Waals surface area contributed by atoms with Crippen molar-refractivity contribution < 1.29 is 38.6 Å². The molecule has 0 spiro atoms. The predicted molar refractivity (Wildman–Crippen MR) is 136 cm³/mol. The second-order valence-electron chi connectivity index (χ2n) is 10.3. The first-order valence-electron chi connectivity index (χ1n) is 12.5. The monoisotopic (exact) mass is 511 g/mol. The average Bonchev–Trinajstić information content (AvgIpc) is 3.10. The quantitative estimate of drug-likeness (QED) is 0.339. The number of benzene rings is 1. The van der Waals surface area contributed by atoms with Gasteiger partial charge in [-0.25, -0.2) is 4.79 Å². The van der Waals surface area contributed by atoms with Gasteiger partial charge in [-0.1, -0.05) is 11.6 Å². The summed E-state index contributed by atoms with van der Waals surface area (Å²) < 4.78 is 16.1. The summed E-state index contributed by atoms with van der Waals surface area (Å²) in [5.74, 6) is -2.73. The van der Waals surface area contributed by atoms with E-state index in [1.54, 1.807) is 7.11 Å². The Morgan fingerprint density at radius 2 is 1.86 bits per heavy atom. The van der Waals surface area contributed by atoms with Crippen molar-refractivity contribution in [1.82, 2.24) is 4.90 Å². The van der Waals surface area contributed by atoms with Crippen molar-refractivity contribution in [2.75, 3.05) is 20.8 Å². The van der Waals surface area contributed by atoms with Gasteiger partial charge in [0, 0.05) is 7.11 Å². The number of likely N-dealkylation sites (tertiary alicyclic amines) is 1. The number of rotatable bonds is 6. The van der Waals surface area contributed by atoms with Crippen LogP contribution in [0.5, 0.6) is 5.75 Å². The van der Waals surface area contributed by atoms with Crippen LogP contribution in [0.3, 0.4) is 0 Å². The number of methoxy groups -OCH3 is 2. The van der Waals surface area contributed by atoms with Gasteiger partial charge >= 0.3 is 13.2 Å². The van der Waals surface area contributed by atoms with E-state index in [0.717, 1.165) is 40.5 Å². The van der Waals surface area contributed by atoms with Crippen LogP contribution in [0.4, 0.5) is 4.79 Å². The molecule has 9 nitrogen and oxygen atoms in total. The van der Waals surface area contributed by atoms with Gasteiger partial charge in [0.1, 0.15) is 5.75 Å². The van der Waals surface area contributed by atoms with Crippen molar-refractivity contribution in [3.63, 3.8) is 0 Å². The van der Waals surface area contributed by atoms with Crippen LogP contribution in [0.15, 0.2) is 28.9 Å². The Morgan fingerprint density at radius 3 is 2.49 bits per heavy atom. The Hall–Kier alpha value is -2.95. The molecule has 0 unspecified atom stereocenters. The zero-order chi connectivity index (χ0) is 27.0. The molecule has 1 aromatic rings. The third kappa shape index (κ3) is 5.10. The summed E-state index contributed by atoms with van der Waals surface area (Å²) in [7, 11) is 1.61. The van der Waals surface area contributed by atoms with E-state index < -0.39 is 48.9 Å². The largest absolute Gasteiger partial charge is 0.507 e. The van der Waals surface area contributed by atoms with E-state index in [1.807, 2.05) is 32.9 Å². The molecule has 1 aliphatic carbocycles. The molecule has 2 heterocycles. The van der Waals surface area contributed by atoms with Crippen LogP contribution < -0.4 is 0 Å². The first kappa shape index (κ1) is 27.1. The van der Waals surface area contributed by atoms with E-state index in [9.17, 15) is 24.5 Å². The van der Waals surface area contributed by atoms with Gasteiger partial charge < -0.3 is 24.3 Å². The molecule has 3 amide bonds. The Labute approximate surface area is 217 Å². The van der Waals surface area contributed by atoms with Crippen LogP contribution in [0.1, 0.15) is 42.9 Å². The van der Waals surface area contributed by atoms with Crippen LogP contribution >= 0.6 is 0 Å². The van der Waals surface area contributed by atoms with E-state index in [-0.39, 0.29) is 12.9 Å². The van der Waals surface area contributed by atoms with Crippen LogP contribution in [-0.4, -0.2) is 67.0 Å². The molecule has 37 heavy (non-hydrogen) atoms. The summed E-state index contributed by atoms with van der Waals surface area (Å²) in [4.78, 5) is 39.0. The number of ether oxygens (including phenoxy) is 2. The highest BCUT2D eigenvalue weighted by atomic mass is 16.5. The molecular weight excluding hydrogens is 477 g/mol. The van der Waals surface area contributed by atoms with E-state index >= 15 is 0 Å². The lowest BCUT2D eigenvalue weighted by atomic mass is 9.58. The topological polar surface area (TPSA) is 123 Å². The van der Waals surface area contributed by atoms with Crippen LogP contribution in [0.2, 0.25) is 6.32 Å². The van der Waals surface area contributed by atoms with Gasteiger partial charge in [-0.05, 0) is 92.2 Å². The van der Waals surface area contributed by atoms with Gasteiger partial charge in [-0.2, -0.15) is 4.90 Å². The van der Waals surface area contributed by atoms with Crippen LogP contribution in [-0.2, 0) is 23.7 Å². The molecular formula is C27H34BNO8. The summed E-state index contributed by atoms with van der Waals surface area (Å²) >= 11 is 0. The van der Waals surface area contributed by atoms with E-state index in [0.29, 0.717) is 29.9 Å². The number of phenolic OH excluding ortho intramolecular Hbond substituents is 1. The molecule has 1 aromatic carbocycles. The summed E-state index contributed by atoms with van der Waals surface area (Å²) in [6.07, 6.45) is 2.31. The highest BCUT2D eigenvalue weighted by Crippen LogP contribution is 2.50. The number of nitrogens with zero attached hydrogens (tertiary/aromatic N) is 1. The van der Waals surface area contributed by atoms with Gasteiger partial charge in [-0.3, -0.25) is 9.59 Å². The fourth-order valence-electron chi connectivity index (χ4n) is 6.13. The van der Waals surface area contributed by atoms with Gasteiger partial charge in [-0.15, -0.1) is 0 Å². The minimum Gasteiger partial charge on any atom is -0.507 e. The molecule has 0 bridgehead atoms. The molecule has 0 aromatic heterocycles. The molecule has 0 saturated carbocycles. The van der Waals surface area contributed by atoms with Crippen molar-refractivity contribution in [1.29, 1.82) is 0 Å².